The minimum Gasteiger partial charge on any atom is -0.473 e. The van der Waals surface area contributed by atoms with Crippen LogP contribution in [-0.4, -0.2) is 54.2 Å². The van der Waals surface area contributed by atoms with Gasteiger partial charge in [0.15, 0.2) is 6.73 Å². The van der Waals surface area contributed by atoms with Crippen molar-refractivity contribution in [1.29, 1.82) is 0 Å². The number of hydrogen-bond donors (Lipinski definition) is 3. The summed E-state index contributed by atoms with van der Waals surface area (Å²) in [5, 5.41) is 20.1. The zero-order chi connectivity index (χ0) is 13.2. The van der Waals surface area contributed by atoms with Gasteiger partial charge in [0.1, 0.15) is 5.75 Å². The Hall–Kier alpha value is -1.79. The monoisotopic (exact) mass is 254 g/mol. The fraction of sp³-hybridized carbons (Fsp3) is 0.417. The molecule has 0 unspecified atom stereocenters. The van der Waals surface area contributed by atoms with Crippen molar-refractivity contribution in [3.8, 4) is 5.75 Å². The molecule has 0 spiro atoms. The first-order valence-electron chi connectivity index (χ1n) is 5.70. The second kappa shape index (κ2) is 8.32. The Kier molecular flexibility index (Phi) is 6.60. The third-order valence-corrected chi connectivity index (χ3v) is 2.23. The molecular weight excluding hydrogens is 236 g/mol. The van der Waals surface area contributed by atoms with Crippen molar-refractivity contribution in [3.63, 3.8) is 0 Å². The lowest BCUT2D eigenvalue weighted by atomic mass is 10.3. The van der Waals surface area contributed by atoms with Crippen LogP contribution in [0.15, 0.2) is 30.3 Å². The molecule has 1 rings (SSSR count). The van der Waals surface area contributed by atoms with E-state index in [1.54, 1.807) is 12.1 Å². The molecule has 6 nitrogen and oxygen atoms in total. The number of nitrogens with one attached hydrogen (secondary N) is 1. The molecule has 1 aromatic carbocycles. The van der Waals surface area contributed by atoms with Crippen LogP contribution >= 0.6 is 0 Å². The van der Waals surface area contributed by atoms with Crippen molar-refractivity contribution in [2.45, 2.75) is 0 Å². The van der Waals surface area contributed by atoms with Crippen molar-refractivity contribution in [2.75, 3.05) is 33.0 Å². The number of amides is 2. The number of para-hydroxylation sites is 1. The van der Waals surface area contributed by atoms with E-state index in [9.17, 15) is 4.79 Å². The van der Waals surface area contributed by atoms with Crippen molar-refractivity contribution in [1.82, 2.24) is 10.2 Å². The predicted molar refractivity (Wildman–Crippen MR) is 66.2 cm³/mol. The van der Waals surface area contributed by atoms with Crippen LogP contribution in [0.3, 0.4) is 0 Å². The lowest BCUT2D eigenvalue weighted by Crippen LogP contribution is -2.44. The lowest BCUT2D eigenvalue weighted by Gasteiger charge is -2.21. The van der Waals surface area contributed by atoms with Crippen molar-refractivity contribution in [3.05, 3.63) is 30.3 Å². The predicted octanol–water partition coefficient (Wildman–Crippen LogP) is 0.0191. The van der Waals surface area contributed by atoms with E-state index in [1.165, 1.54) is 4.90 Å². The molecule has 0 heterocycles. The Balaban J connectivity index is 2.30. The summed E-state index contributed by atoms with van der Waals surface area (Å²) in [4.78, 5) is 12.9. The summed E-state index contributed by atoms with van der Waals surface area (Å²) in [5.74, 6) is 0.661. The Morgan fingerprint density at radius 3 is 2.33 bits per heavy atom. The number of urea groups is 1. The first-order valence-corrected chi connectivity index (χ1v) is 5.70. The highest BCUT2D eigenvalue weighted by Crippen LogP contribution is 2.07. The molecule has 0 aliphatic heterocycles. The summed E-state index contributed by atoms with van der Waals surface area (Å²) >= 11 is 0. The van der Waals surface area contributed by atoms with Crippen LogP contribution in [0.4, 0.5) is 4.79 Å². The Labute approximate surface area is 106 Å². The maximum atomic E-state index is 11.6. The normalized spacial score (nSPS) is 9.89. The molecule has 0 saturated carbocycles. The third kappa shape index (κ3) is 5.03. The molecule has 0 saturated heterocycles. The third-order valence-electron chi connectivity index (χ3n) is 2.23. The number of ether oxygens (including phenoxy) is 1. The molecule has 0 aliphatic rings. The van der Waals surface area contributed by atoms with Crippen LogP contribution in [0.2, 0.25) is 0 Å². The second-order valence-electron chi connectivity index (χ2n) is 3.52. The maximum absolute atomic E-state index is 11.6. The van der Waals surface area contributed by atoms with Crippen LogP contribution in [0.5, 0.6) is 5.75 Å². The highest BCUT2D eigenvalue weighted by molar-refractivity contribution is 5.74. The maximum Gasteiger partial charge on any atom is 0.320 e. The molecule has 2 amide bonds. The van der Waals surface area contributed by atoms with E-state index in [-0.39, 0.29) is 39.1 Å². The van der Waals surface area contributed by atoms with Gasteiger partial charge in [-0.05, 0) is 12.1 Å². The largest absolute Gasteiger partial charge is 0.473 e. The zero-order valence-corrected chi connectivity index (χ0v) is 10.1. The SMILES string of the molecule is O=C(NCOc1ccccc1)N(CCO)CCO. The van der Waals surface area contributed by atoms with Gasteiger partial charge in [-0.15, -0.1) is 0 Å². The standard InChI is InChI=1S/C12H18N2O4/c15-8-6-14(7-9-16)12(17)13-10-18-11-4-2-1-3-5-11/h1-5,15-16H,6-10H2,(H,13,17). The quantitative estimate of drug-likeness (QED) is 0.599. The first-order chi connectivity index (χ1) is 8.77. The molecule has 100 valence electrons. The van der Waals surface area contributed by atoms with Gasteiger partial charge in [-0.2, -0.15) is 0 Å². The van der Waals surface area contributed by atoms with Crippen LogP contribution < -0.4 is 10.1 Å². The average molecular weight is 254 g/mol. The molecule has 0 aromatic heterocycles. The summed E-state index contributed by atoms with van der Waals surface area (Å²) in [6.07, 6.45) is 0. The van der Waals surface area contributed by atoms with Gasteiger partial charge < -0.3 is 25.2 Å². The number of benzene rings is 1. The number of rotatable bonds is 7. The number of carbonyl (C=O) groups is 1. The first kappa shape index (κ1) is 14.3. The highest BCUT2D eigenvalue weighted by Gasteiger charge is 2.11. The van der Waals surface area contributed by atoms with E-state index in [0.717, 1.165) is 0 Å². The molecular formula is C12H18N2O4. The summed E-state index contributed by atoms with van der Waals surface area (Å²) in [6, 6.07) is 8.73. The molecule has 0 radical (unpaired) electrons. The molecule has 6 heteroatoms. The molecule has 0 aliphatic carbocycles. The minimum absolute atomic E-state index is 0.0379. The Bertz CT molecular complexity index is 339. The van der Waals surface area contributed by atoms with E-state index in [0.29, 0.717) is 5.75 Å². The van der Waals surface area contributed by atoms with Gasteiger partial charge in [0.25, 0.3) is 0 Å². The van der Waals surface area contributed by atoms with Gasteiger partial charge in [0.2, 0.25) is 0 Å². The fourth-order valence-corrected chi connectivity index (χ4v) is 1.37. The number of aliphatic hydroxyl groups is 2. The second-order valence-corrected chi connectivity index (χ2v) is 3.52. The van der Waals surface area contributed by atoms with Crippen LogP contribution in [0.1, 0.15) is 0 Å². The molecule has 1 aromatic rings. The van der Waals surface area contributed by atoms with E-state index in [2.05, 4.69) is 5.32 Å². The fourth-order valence-electron chi connectivity index (χ4n) is 1.37. The number of nitrogens with zero attached hydrogens (tertiary/aromatic N) is 1. The van der Waals surface area contributed by atoms with Gasteiger partial charge in [-0.25, -0.2) is 4.79 Å². The van der Waals surface area contributed by atoms with Crippen molar-refractivity contribution in [2.24, 2.45) is 0 Å². The highest BCUT2D eigenvalue weighted by atomic mass is 16.5. The number of carbonyl (C=O) groups excluding carboxylic acids is 1. The number of aliphatic hydroxyl groups excluding tert-OH is 2. The van der Waals surface area contributed by atoms with Gasteiger partial charge in [0, 0.05) is 13.1 Å². The number of hydrogen-bond acceptors (Lipinski definition) is 4. The molecule has 18 heavy (non-hydrogen) atoms. The van der Waals surface area contributed by atoms with Crippen LogP contribution in [0, 0.1) is 0 Å². The summed E-state index contributed by atoms with van der Waals surface area (Å²) in [5.41, 5.74) is 0. The van der Waals surface area contributed by atoms with Crippen molar-refractivity contribution < 1.29 is 19.7 Å². The van der Waals surface area contributed by atoms with Gasteiger partial charge in [-0.3, -0.25) is 0 Å². The van der Waals surface area contributed by atoms with Crippen LogP contribution in [0.25, 0.3) is 0 Å². The molecule has 3 N–H and O–H groups in total. The summed E-state index contributed by atoms with van der Waals surface area (Å²) < 4.78 is 5.30. The Morgan fingerprint density at radius 2 is 1.78 bits per heavy atom. The topological polar surface area (TPSA) is 82.0 Å². The smallest absolute Gasteiger partial charge is 0.320 e. The van der Waals surface area contributed by atoms with E-state index < -0.39 is 0 Å². The van der Waals surface area contributed by atoms with Crippen molar-refractivity contribution >= 4 is 6.03 Å². The Morgan fingerprint density at radius 1 is 1.17 bits per heavy atom. The molecule has 0 bridgehead atoms. The summed E-state index contributed by atoms with van der Waals surface area (Å²) in [7, 11) is 0. The van der Waals surface area contributed by atoms with E-state index in [1.807, 2.05) is 18.2 Å². The van der Waals surface area contributed by atoms with E-state index >= 15 is 0 Å². The van der Waals surface area contributed by atoms with E-state index in [4.69, 9.17) is 14.9 Å². The molecule has 0 fully saturated rings. The minimum atomic E-state index is -0.381. The van der Waals surface area contributed by atoms with Gasteiger partial charge in [-0.1, -0.05) is 18.2 Å². The summed E-state index contributed by atoms with van der Waals surface area (Å²) in [6.45, 7) is 0.103. The zero-order valence-electron chi connectivity index (χ0n) is 10.1. The molecule has 0 atom stereocenters. The lowest BCUT2D eigenvalue weighted by molar-refractivity contribution is 0.151. The van der Waals surface area contributed by atoms with Crippen LogP contribution in [-0.2, 0) is 0 Å². The average Bonchev–Trinajstić information content (AvgIpc) is 2.39. The van der Waals surface area contributed by atoms with Gasteiger partial charge >= 0.3 is 6.03 Å². The van der Waals surface area contributed by atoms with Gasteiger partial charge in [0.05, 0.1) is 13.2 Å².